The Morgan fingerprint density at radius 1 is 1.79 bits per heavy atom. The van der Waals surface area contributed by atoms with Crippen molar-refractivity contribution in [2.45, 2.75) is 19.4 Å². The first-order valence-electron chi connectivity index (χ1n) is 4.32. The minimum atomic E-state index is -0.390. The Kier molecular flexibility index (Phi) is 3.97. The van der Waals surface area contributed by atoms with Crippen LogP contribution >= 0.6 is 11.7 Å². The number of hydrogen-bond acceptors (Lipinski definition) is 5. The van der Waals surface area contributed by atoms with Crippen molar-refractivity contribution in [2.24, 2.45) is 0 Å². The van der Waals surface area contributed by atoms with Gasteiger partial charge in [-0.25, -0.2) is 0 Å². The molecule has 0 spiro atoms. The summed E-state index contributed by atoms with van der Waals surface area (Å²) in [5, 5.41) is 9.05. The highest BCUT2D eigenvalue weighted by molar-refractivity contribution is 6.99. The van der Waals surface area contributed by atoms with Gasteiger partial charge in [0.2, 0.25) is 0 Å². The van der Waals surface area contributed by atoms with E-state index in [2.05, 4.69) is 8.75 Å². The molecule has 0 fully saturated rings. The van der Waals surface area contributed by atoms with Gasteiger partial charge in [0.15, 0.2) is 5.69 Å². The summed E-state index contributed by atoms with van der Waals surface area (Å²) in [7, 11) is 1.68. The zero-order chi connectivity index (χ0) is 10.6. The third kappa shape index (κ3) is 3.04. The lowest BCUT2D eigenvalue weighted by Crippen LogP contribution is -2.29. The summed E-state index contributed by atoms with van der Waals surface area (Å²) in [6.45, 7) is 2.22. The molecule has 0 saturated heterocycles. The number of carbonyl (C=O) groups excluding carboxylic acids is 1. The van der Waals surface area contributed by atoms with Crippen LogP contribution in [0.5, 0.6) is 0 Å². The van der Waals surface area contributed by atoms with Gasteiger partial charge in [-0.2, -0.15) is 8.75 Å². The Bertz CT molecular complexity index is 287. The molecule has 78 valence electrons. The first kappa shape index (κ1) is 11.1. The molecule has 1 unspecified atom stereocenters. The summed E-state index contributed by atoms with van der Waals surface area (Å²) in [6.07, 6.45) is 1.63. The third-order valence-corrected chi connectivity index (χ3v) is 2.29. The summed E-state index contributed by atoms with van der Waals surface area (Å²) in [4.78, 5) is 13.1. The van der Waals surface area contributed by atoms with E-state index in [0.29, 0.717) is 18.7 Å². The fraction of sp³-hybridized carbons (Fsp3) is 0.625. The average molecular weight is 215 g/mol. The van der Waals surface area contributed by atoms with Crippen molar-refractivity contribution >= 4 is 17.6 Å². The number of aliphatic hydroxyl groups is 1. The second-order valence-electron chi connectivity index (χ2n) is 3.16. The maximum absolute atomic E-state index is 11.6. The molecule has 1 rings (SSSR count). The van der Waals surface area contributed by atoms with Gasteiger partial charge in [0.1, 0.15) is 0 Å². The summed E-state index contributed by atoms with van der Waals surface area (Å²) in [5.74, 6) is -0.153. The van der Waals surface area contributed by atoms with Crippen molar-refractivity contribution in [2.75, 3.05) is 13.6 Å². The van der Waals surface area contributed by atoms with E-state index in [0.717, 1.165) is 11.7 Å². The highest BCUT2D eigenvalue weighted by Crippen LogP contribution is 2.02. The van der Waals surface area contributed by atoms with Crippen LogP contribution < -0.4 is 0 Å². The van der Waals surface area contributed by atoms with Crippen molar-refractivity contribution < 1.29 is 9.90 Å². The maximum Gasteiger partial charge on any atom is 0.274 e. The Hall–Kier alpha value is -1.01. The molecule has 5 nitrogen and oxygen atoms in total. The van der Waals surface area contributed by atoms with Crippen LogP contribution in [0.4, 0.5) is 0 Å². The van der Waals surface area contributed by atoms with Crippen LogP contribution in [0, 0.1) is 0 Å². The molecule has 0 aliphatic heterocycles. The van der Waals surface area contributed by atoms with Crippen LogP contribution in [-0.2, 0) is 0 Å². The van der Waals surface area contributed by atoms with Gasteiger partial charge in [-0.15, -0.1) is 0 Å². The summed E-state index contributed by atoms with van der Waals surface area (Å²) in [6, 6.07) is 0. The summed E-state index contributed by atoms with van der Waals surface area (Å²) < 4.78 is 7.60. The quantitative estimate of drug-likeness (QED) is 0.788. The number of aromatic nitrogens is 2. The van der Waals surface area contributed by atoms with Crippen LogP contribution in [-0.4, -0.2) is 44.4 Å². The molecule has 14 heavy (non-hydrogen) atoms. The van der Waals surface area contributed by atoms with Gasteiger partial charge in [-0.05, 0) is 13.3 Å². The average Bonchev–Trinajstić information content (AvgIpc) is 2.65. The Balaban J connectivity index is 2.45. The van der Waals surface area contributed by atoms with E-state index in [9.17, 15) is 4.79 Å². The van der Waals surface area contributed by atoms with Crippen LogP contribution in [0.1, 0.15) is 23.8 Å². The molecule has 0 radical (unpaired) electrons. The van der Waals surface area contributed by atoms with E-state index in [1.165, 1.54) is 11.1 Å². The molecule has 1 aromatic heterocycles. The lowest BCUT2D eigenvalue weighted by atomic mass is 10.2. The van der Waals surface area contributed by atoms with E-state index in [-0.39, 0.29) is 12.0 Å². The van der Waals surface area contributed by atoms with Gasteiger partial charge in [0.25, 0.3) is 5.91 Å². The fourth-order valence-corrected chi connectivity index (χ4v) is 1.34. The predicted octanol–water partition coefficient (Wildman–Crippen LogP) is 0.381. The fourth-order valence-electron chi connectivity index (χ4n) is 0.936. The molecular weight excluding hydrogens is 202 g/mol. The normalized spacial score (nSPS) is 12.5. The van der Waals surface area contributed by atoms with Crippen LogP contribution in [0.3, 0.4) is 0 Å². The Morgan fingerprint density at radius 2 is 2.50 bits per heavy atom. The standard InChI is InChI=1S/C8H13N3O2S/c1-6(12)3-4-11(2)8(13)7-5-9-14-10-7/h5-6,12H,3-4H2,1-2H3. The molecule has 6 heteroatoms. The number of aliphatic hydroxyl groups excluding tert-OH is 1. The third-order valence-electron chi connectivity index (χ3n) is 1.81. The first-order chi connectivity index (χ1) is 6.61. The number of hydrogen-bond donors (Lipinski definition) is 1. The first-order valence-corrected chi connectivity index (χ1v) is 5.05. The van der Waals surface area contributed by atoms with E-state index in [1.54, 1.807) is 14.0 Å². The second kappa shape index (κ2) is 5.02. The van der Waals surface area contributed by atoms with Crippen molar-refractivity contribution in [3.8, 4) is 0 Å². The molecule has 1 N–H and O–H groups in total. The lowest BCUT2D eigenvalue weighted by molar-refractivity contribution is 0.0764. The highest BCUT2D eigenvalue weighted by atomic mass is 32.1. The zero-order valence-electron chi connectivity index (χ0n) is 8.17. The monoisotopic (exact) mass is 215 g/mol. The largest absolute Gasteiger partial charge is 0.393 e. The zero-order valence-corrected chi connectivity index (χ0v) is 8.99. The Morgan fingerprint density at radius 3 is 3.00 bits per heavy atom. The number of rotatable bonds is 4. The Labute approximate surface area is 86.7 Å². The molecule has 0 bridgehead atoms. The molecular formula is C8H13N3O2S. The van der Waals surface area contributed by atoms with E-state index >= 15 is 0 Å². The summed E-state index contributed by atoms with van der Waals surface area (Å²) >= 11 is 1.01. The van der Waals surface area contributed by atoms with Gasteiger partial charge >= 0.3 is 0 Å². The van der Waals surface area contributed by atoms with Gasteiger partial charge in [0.05, 0.1) is 24.0 Å². The minimum Gasteiger partial charge on any atom is -0.393 e. The van der Waals surface area contributed by atoms with Crippen LogP contribution in [0.25, 0.3) is 0 Å². The van der Waals surface area contributed by atoms with Crippen molar-refractivity contribution in [1.29, 1.82) is 0 Å². The topological polar surface area (TPSA) is 66.3 Å². The molecule has 1 heterocycles. The molecule has 0 aliphatic carbocycles. The van der Waals surface area contributed by atoms with Crippen LogP contribution in [0.2, 0.25) is 0 Å². The number of carbonyl (C=O) groups is 1. The van der Waals surface area contributed by atoms with Crippen molar-refractivity contribution in [3.63, 3.8) is 0 Å². The van der Waals surface area contributed by atoms with Crippen molar-refractivity contribution in [1.82, 2.24) is 13.6 Å². The van der Waals surface area contributed by atoms with Crippen molar-refractivity contribution in [3.05, 3.63) is 11.9 Å². The highest BCUT2D eigenvalue weighted by Gasteiger charge is 2.14. The molecule has 0 saturated carbocycles. The van der Waals surface area contributed by atoms with E-state index in [1.807, 2.05) is 0 Å². The van der Waals surface area contributed by atoms with E-state index < -0.39 is 0 Å². The minimum absolute atomic E-state index is 0.153. The van der Waals surface area contributed by atoms with Gasteiger partial charge < -0.3 is 10.0 Å². The van der Waals surface area contributed by atoms with Gasteiger partial charge in [0, 0.05) is 13.6 Å². The summed E-state index contributed by atoms with van der Waals surface area (Å²) in [5.41, 5.74) is 0.364. The maximum atomic E-state index is 11.6. The SMILES string of the molecule is CC(O)CCN(C)C(=O)c1cnsn1. The smallest absolute Gasteiger partial charge is 0.274 e. The van der Waals surface area contributed by atoms with Gasteiger partial charge in [-0.1, -0.05) is 0 Å². The second-order valence-corrected chi connectivity index (χ2v) is 3.71. The number of nitrogens with zero attached hydrogens (tertiary/aromatic N) is 3. The molecule has 1 atom stereocenters. The molecule has 1 amide bonds. The van der Waals surface area contributed by atoms with Gasteiger partial charge in [-0.3, -0.25) is 4.79 Å². The lowest BCUT2D eigenvalue weighted by Gasteiger charge is -2.16. The molecule has 0 aromatic carbocycles. The molecule has 0 aliphatic rings. The number of amides is 1. The van der Waals surface area contributed by atoms with Crippen LogP contribution in [0.15, 0.2) is 6.20 Å². The predicted molar refractivity (Wildman–Crippen MR) is 53.2 cm³/mol. The van der Waals surface area contributed by atoms with E-state index in [4.69, 9.17) is 5.11 Å². The molecule has 1 aromatic rings.